The molecule has 1 fully saturated rings. The number of ether oxygens (including phenoxy) is 1. The first-order chi connectivity index (χ1) is 21.9. The molecule has 1 amide bonds. The van der Waals surface area contributed by atoms with E-state index in [2.05, 4.69) is 0 Å². The van der Waals surface area contributed by atoms with Gasteiger partial charge in [-0.2, -0.15) is 13.2 Å². The van der Waals surface area contributed by atoms with Crippen molar-refractivity contribution >= 4 is 5.91 Å². The lowest BCUT2D eigenvalue weighted by molar-refractivity contribution is -0.138. The van der Waals surface area contributed by atoms with Crippen molar-refractivity contribution in [2.75, 3.05) is 19.8 Å². The molecule has 1 unspecified atom stereocenters. The van der Waals surface area contributed by atoms with Gasteiger partial charge < -0.3 is 9.64 Å². The normalized spacial score (nSPS) is 14.2. The van der Waals surface area contributed by atoms with Crippen LogP contribution < -0.4 is 16.0 Å². The largest absolute Gasteiger partial charge is 0.488 e. The number of likely N-dealkylation sites (tertiary alicyclic amines) is 1. The lowest BCUT2D eigenvalue weighted by Gasteiger charge is -2.29. The molecule has 242 valence electrons. The summed E-state index contributed by atoms with van der Waals surface area (Å²) in [7, 11) is 0. The van der Waals surface area contributed by atoms with Crippen LogP contribution in [0.5, 0.6) is 5.75 Å². The molecule has 0 N–H and O–H groups in total. The molecule has 1 aromatic heterocycles. The number of hydrogen-bond donors (Lipinski definition) is 0. The lowest BCUT2D eigenvalue weighted by atomic mass is 10.0. The third kappa shape index (κ3) is 6.31. The number of hydrogen-bond acceptors (Lipinski definition) is 4. The Kier molecular flexibility index (Phi) is 9.40. The predicted molar refractivity (Wildman–Crippen MR) is 157 cm³/mol. The Balaban J connectivity index is 1.77. The summed E-state index contributed by atoms with van der Waals surface area (Å²) < 4.78 is 92.1. The third-order valence-electron chi connectivity index (χ3n) is 8.02. The van der Waals surface area contributed by atoms with Crippen LogP contribution >= 0.6 is 0 Å². The summed E-state index contributed by atoms with van der Waals surface area (Å²) in [6.45, 7) is -1.22. The first kappa shape index (κ1) is 32.6. The Labute approximate surface area is 259 Å². The van der Waals surface area contributed by atoms with E-state index in [-0.39, 0.29) is 23.6 Å². The third-order valence-corrected chi connectivity index (χ3v) is 8.02. The Hall–Kier alpha value is -4.81. The topological polar surface area (TPSA) is 73.5 Å². The molecular weight excluding hydrogens is 616 g/mol. The van der Waals surface area contributed by atoms with Crippen LogP contribution in [0.3, 0.4) is 0 Å². The van der Waals surface area contributed by atoms with Gasteiger partial charge in [-0.15, -0.1) is 0 Å². The molecule has 2 heterocycles. The minimum Gasteiger partial charge on any atom is -0.488 e. The van der Waals surface area contributed by atoms with Crippen LogP contribution in [0, 0.1) is 18.6 Å². The molecule has 5 rings (SSSR count). The Bertz CT molecular complexity index is 1870. The zero-order valence-electron chi connectivity index (χ0n) is 24.6. The standard InChI is InChI=1S/C33H29F6N3O4/c1-20-29(22-10-5-13-27(30(22)36)46-17-15-34)31(44)42(19-26(21-8-3-2-4-9-21)40-16-7-14-28(40)43)32(45)41(20)18-23-24(33(37,38)39)11-6-12-25(23)35/h2-6,8-13,26H,7,14-19H2,1H3. The number of rotatable bonds is 10. The van der Waals surface area contributed by atoms with Crippen molar-refractivity contribution in [2.24, 2.45) is 0 Å². The molecule has 0 aliphatic carbocycles. The van der Waals surface area contributed by atoms with Crippen LogP contribution in [0.15, 0.2) is 76.3 Å². The molecule has 7 nitrogen and oxygen atoms in total. The van der Waals surface area contributed by atoms with Gasteiger partial charge in [0.15, 0.2) is 11.6 Å². The van der Waals surface area contributed by atoms with Crippen molar-refractivity contribution in [2.45, 2.75) is 45.1 Å². The van der Waals surface area contributed by atoms with E-state index in [9.17, 15) is 31.9 Å². The molecule has 0 bridgehead atoms. The molecule has 0 saturated carbocycles. The number of benzene rings is 3. The number of halogens is 6. The van der Waals surface area contributed by atoms with Crippen LogP contribution in [0.1, 0.15) is 41.3 Å². The highest BCUT2D eigenvalue weighted by Gasteiger charge is 2.36. The second kappa shape index (κ2) is 13.3. The molecule has 4 aromatic rings. The first-order valence-electron chi connectivity index (χ1n) is 14.4. The fraction of sp³-hybridized carbons (Fsp3) is 0.303. The van der Waals surface area contributed by atoms with Crippen molar-refractivity contribution < 1.29 is 35.9 Å². The summed E-state index contributed by atoms with van der Waals surface area (Å²) in [4.78, 5) is 42.6. The molecule has 0 spiro atoms. The average molecular weight is 646 g/mol. The minimum absolute atomic E-state index is 0.223. The SMILES string of the molecule is Cc1c(-c2cccc(OCCF)c2F)c(=O)n(CC(c2ccccc2)N2CCCC2=O)c(=O)n1Cc1c(F)cccc1C(F)(F)F. The van der Waals surface area contributed by atoms with Crippen LogP contribution in [-0.2, 0) is 24.1 Å². The molecule has 46 heavy (non-hydrogen) atoms. The summed E-state index contributed by atoms with van der Waals surface area (Å²) in [5.41, 5.74) is -4.66. The van der Waals surface area contributed by atoms with Gasteiger partial charge in [-0.05, 0) is 37.1 Å². The van der Waals surface area contributed by atoms with E-state index in [1.54, 1.807) is 30.3 Å². The smallest absolute Gasteiger partial charge is 0.416 e. The molecule has 1 saturated heterocycles. The molecule has 13 heteroatoms. The highest BCUT2D eigenvalue weighted by atomic mass is 19.4. The molecule has 1 atom stereocenters. The summed E-state index contributed by atoms with van der Waals surface area (Å²) in [5, 5.41) is 0. The van der Waals surface area contributed by atoms with Crippen molar-refractivity contribution in [1.29, 1.82) is 0 Å². The highest BCUT2D eigenvalue weighted by molar-refractivity contribution is 5.78. The molecule has 0 radical (unpaired) electrons. The maximum Gasteiger partial charge on any atom is 0.416 e. The second-order valence-corrected chi connectivity index (χ2v) is 10.8. The zero-order valence-corrected chi connectivity index (χ0v) is 24.6. The van der Waals surface area contributed by atoms with Crippen molar-refractivity contribution in [3.05, 3.63) is 122 Å². The number of nitrogens with zero attached hydrogens (tertiary/aromatic N) is 3. The van der Waals surface area contributed by atoms with E-state index in [0.29, 0.717) is 24.6 Å². The molecular formula is C33H29F6N3O4. The number of carbonyl (C=O) groups is 1. The molecule has 3 aromatic carbocycles. The van der Waals surface area contributed by atoms with Gasteiger partial charge in [0.1, 0.15) is 19.1 Å². The van der Waals surface area contributed by atoms with Crippen LogP contribution in [0.2, 0.25) is 0 Å². The van der Waals surface area contributed by atoms with E-state index in [1.165, 1.54) is 30.0 Å². The fourth-order valence-corrected chi connectivity index (χ4v) is 5.80. The van der Waals surface area contributed by atoms with Crippen LogP contribution in [0.25, 0.3) is 11.1 Å². The van der Waals surface area contributed by atoms with Crippen LogP contribution in [0.4, 0.5) is 26.3 Å². The summed E-state index contributed by atoms with van der Waals surface area (Å²) in [6, 6.07) is 13.9. The van der Waals surface area contributed by atoms with Gasteiger partial charge in [0, 0.05) is 29.8 Å². The summed E-state index contributed by atoms with van der Waals surface area (Å²) in [6.07, 6.45) is -4.20. The van der Waals surface area contributed by atoms with Gasteiger partial charge in [0.25, 0.3) is 5.56 Å². The van der Waals surface area contributed by atoms with Crippen molar-refractivity contribution in [3.8, 4) is 16.9 Å². The number of carbonyl (C=O) groups excluding carboxylic acids is 1. The first-order valence-corrected chi connectivity index (χ1v) is 14.4. The van der Waals surface area contributed by atoms with E-state index in [4.69, 9.17) is 4.74 Å². The van der Waals surface area contributed by atoms with E-state index < -0.39 is 83.9 Å². The minimum atomic E-state index is -4.98. The second-order valence-electron chi connectivity index (χ2n) is 10.8. The Morgan fingerprint density at radius 1 is 0.913 bits per heavy atom. The maximum atomic E-state index is 15.8. The highest BCUT2D eigenvalue weighted by Crippen LogP contribution is 2.35. The summed E-state index contributed by atoms with van der Waals surface area (Å²) in [5.74, 6) is -2.92. The van der Waals surface area contributed by atoms with Gasteiger partial charge in [-0.3, -0.25) is 18.7 Å². The van der Waals surface area contributed by atoms with E-state index >= 15 is 8.78 Å². The van der Waals surface area contributed by atoms with Gasteiger partial charge >= 0.3 is 11.9 Å². The quantitative estimate of drug-likeness (QED) is 0.197. The molecule has 1 aliphatic rings. The maximum absolute atomic E-state index is 15.8. The van der Waals surface area contributed by atoms with Gasteiger partial charge in [-0.1, -0.05) is 48.5 Å². The fourth-order valence-electron chi connectivity index (χ4n) is 5.80. The van der Waals surface area contributed by atoms with E-state index in [0.717, 1.165) is 21.3 Å². The Morgan fingerprint density at radius 3 is 2.28 bits per heavy atom. The number of amides is 1. The predicted octanol–water partition coefficient (Wildman–Crippen LogP) is 6.04. The van der Waals surface area contributed by atoms with Crippen molar-refractivity contribution in [1.82, 2.24) is 14.0 Å². The monoisotopic (exact) mass is 645 g/mol. The van der Waals surface area contributed by atoms with Crippen molar-refractivity contribution in [3.63, 3.8) is 0 Å². The summed E-state index contributed by atoms with van der Waals surface area (Å²) >= 11 is 0. The van der Waals surface area contributed by atoms with Crippen LogP contribution in [-0.4, -0.2) is 39.8 Å². The number of aromatic nitrogens is 2. The van der Waals surface area contributed by atoms with E-state index in [1.807, 2.05) is 0 Å². The van der Waals surface area contributed by atoms with Gasteiger partial charge in [-0.25, -0.2) is 18.0 Å². The van der Waals surface area contributed by atoms with Gasteiger partial charge in [0.05, 0.1) is 30.3 Å². The Morgan fingerprint density at radius 2 is 1.63 bits per heavy atom. The number of alkyl halides is 4. The van der Waals surface area contributed by atoms with Gasteiger partial charge in [0.2, 0.25) is 5.91 Å². The average Bonchev–Trinajstić information content (AvgIpc) is 3.45. The molecule has 1 aliphatic heterocycles. The lowest BCUT2D eigenvalue weighted by Crippen LogP contribution is -2.45. The zero-order chi connectivity index (χ0) is 33.2.